The minimum absolute atomic E-state index is 0.0957. The summed E-state index contributed by atoms with van der Waals surface area (Å²) < 4.78 is 19.7. The van der Waals surface area contributed by atoms with Crippen molar-refractivity contribution < 1.29 is 23.5 Å². The Morgan fingerprint density at radius 2 is 2.03 bits per heavy atom. The van der Waals surface area contributed by atoms with E-state index >= 15 is 0 Å². The first-order chi connectivity index (χ1) is 16.2. The van der Waals surface area contributed by atoms with E-state index in [0.717, 1.165) is 48.0 Å². The lowest BCUT2D eigenvalue weighted by Gasteiger charge is -2.20. The van der Waals surface area contributed by atoms with Crippen LogP contribution in [-0.2, 0) is 24.2 Å². The number of hydrogen-bond acceptors (Lipinski definition) is 8. The molecule has 2 aromatic heterocycles. The third kappa shape index (κ3) is 5.27. The summed E-state index contributed by atoms with van der Waals surface area (Å²) in [5.41, 5.74) is 1.000. The van der Waals surface area contributed by atoms with Gasteiger partial charge in [-0.05, 0) is 36.9 Å². The maximum Gasteiger partial charge on any atom is 0.340 e. The van der Waals surface area contributed by atoms with Crippen molar-refractivity contribution in [1.82, 2.24) is 15.2 Å². The van der Waals surface area contributed by atoms with E-state index in [1.165, 1.54) is 17.4 Å². The molecule has 0 spiro atoms. The highest BCUT2D eigenvalue weighted by Gasteiger charge is 2.23. The van der Waals surface area contributed by atoms with Gasteiger partial charge in [-0.3, -0.25) is 9.59 Å². The van der Waals surface area contributed by atoms with Crippen LogP contribution >= 0.6 is 34.3 Å². The number of aromatic nitrogens is 1. The highest BCUT2D eigenvalue weighted by Crippen LogP contribution is 2.27. The van der Waals surface area contributed by atoms with Gasteiger partial charge in [0.05, 0.1) is 27.6 Å². The molecule has 0 fully saturated rings. The lowest BCUT2D eigenvalue weighted by molar-refractivity contribution is 0.0595. The third-order valence-electron chi connectivity index (χ3n) is 5.20. The Labute approximate surface area is 207 Å². The fraction of sp³-hybridized carbons (Fsp3) is 0.273. The van der Waals surface area contributed by atoms with Gasteiger partial charge in [-0.2, -0.15) is 0 Å². The summed E-state index contributed by atoms with van der Waals surface area (Å²) in [5.74, 6) is -2.60. The van der Waals surface area contributed by atoms with Crippen molar-refractivity contribution >= 4 is 57.7 Å². The normalized spacial score (nSPS) is 13.3. The van der Waals surface area contributed by atoms with E-state index < -0.39 is 23.6 Å². The monoisotopic (exact) mass is 522 g/mol. The molecule has 1 aliphatic rings. The molecule has 12 heteroatoms. The molecular weight excluding hydrogens is 503 g/mol. The van der Waals surface area contributed by atoms with Gasteiger partial charge in [0.25, 0.3) is 11.8 Å². The number of carbonyl (C=O) groups excluding carboxylic acids is 3. The molecule has 0 radical (unpaired) electrons. The second-order valence-corrected chi connectivity index (χ2v) is 10.4. The smallest absolute Gasteiger partial charge is 0.340 e. The average molecular weight is 523 g/mol. The molecule has 34 heavy (non-hydrogen) atoms. The van der Waals surface area contributed by atoms with Gasteiger partial charge in [0.2, 0.25) is 0 Å². The number of fused-ring (bicyclic) bond motifs is 1. The van der Waals surface area contributed by atoms with E-state index in [0.29, 0.717) is 15.8 Å². The summed E-state index contributed by atoms with van der Waals surface area (Å²) in [7, 11) is 3.14. The number of thiazole rings is 1. The first kappa shape index (κ1) is 24.3. The van der Waals surface area contributed by atoms with E-state index in [-0.39, 0.29) is 28.4 Å². The number of likely N-dealkylation sites (N-methyl/N-ethyl adjacent to an activating group) is 1. The van der Waals surface area contributed by atoms with Crippen molar-refractivity contribution in [2.75, 3.05) is 26.0 Å². The molecule has 2 N–H and O–H groups in total. The van der Waals surface area contributed by atoms with Crippen molar-refractivity contribution in [1.29, 1.82) is 0 Å². The van der Waals surface area contributed by atoms with Gasteiger partial charge >= 0.3 is 5.97 Å². The molecule has 0 unspecified atom stereocenters. The van der Waals surface area contributed by atoms with E-state index in [1.807, 2.05) is 7.05 Å². The number of thiophene rings is 1. The van der Waals surface area contributed by atoms with E-state index in [9.17, 15) is 18.8 Å². The van der Waals surface area contributed by atoms with Crippen molar-refractivity contribution in [3.63, 3.8) is 0 Å². The third-order valence-corrected chi connectivity index (χ3v) is 7.51. The van der Waals surface area contributed by atoms with Gasteiger partial charge in [-0.1, -0.05) is 11.6 Å². The molecule has 4 rings (SSSR count). The predicted molar refractivity (Wildman–Crippen MR) is 128 cm³/mol. The Morgan fingerprint density at radius 1 is 1.24 bits per heavy atom. The summed E-state index contributed by atoms with van der Waals surface area (Å²) in [6, 6.07) is 5.46. The maximum absolute atomic E-state index is 14.6. The molecule has 8 nitrogen and oxygen atoms in total. The fourth-order valence-electron chi connectivity index (χ4n) is 3.44. The second-order valence-electron chi connectivity index (χ2n) is 7.60. The van der Waals surface area contributed by atoms with Crippen molar-refractivity contribution in [3.8, 4) is 0 Å². The number of nitrogens with zero attached hydrogens (tertiary/aromatic N) is 2. The summed E-state index contributed by atoms with van der Waals surface area (Å²) in [4.78, 5) is 45.4. The highest BCUT2D eigenvalue weighted by atomic mass is 35.5. The van der Waals surface area contributed by atoms with Gasteiger partial charge in [-0.25, -0.2) is 14.2 Å². The molecule has 2 amide bonds. The quantitative estimate of drug-likeness (QED) is 0.475. The molecule has 3 heterocycles. The number of halogens is 2. The van der Waals surface area contributed by atoms with Gasteiger partial charge < -0.3 is 20.3 Å². The zero-order valence-corrected chi connectivity index (χ0v) is 20.6. The van der Waals surface area contributed by atoms with Crippen LogP contribution < -0.4 is 10.6 Å². The number of anilines is 1. The number of methoxy groups -OCH3 is 1. The van der Waals surface area contributed by atoms with Gasteiger partial charge in [0.15, 0.2) is 5.01 Å². The van der Waals surface area contributed by atoms with Gasteiger partial charge in [-0.15, -0.1) is 22.7 Å². The molecule has 0 saturated carbocycles. The molecule has 0 atom stereocenters. The first-order valence-electron chi connectivity index (χ1n) is 10.2. The summed E-state index contributed by atoms with van der Waals surface area (Å²) in [6.07, 6.45) is 0.753. The Balaban J connectivity index is 1.59. The number of nitrogens with one attached hydrogen (secondary N) is 2. The minimum Gasteiger partial charge on any atom is -0.465 e. The van der Waals surface area contributed by atoms with Crippen LogP contribution in [0.3, 0.4) is 0 Å². The lowest BCUT2D eigenvalue weighted by Crippen LogP contribution is -2.25. The van der Waals surface area contributed by atoms with Crippen LogP contribution in [0, 0.1) is 5.82 Å². The number of carbonyl (C=O) groups is 3. The van der Waals surface area contributed by atoms with Crippen LogP contribution in [0.5, 0.6) is 0 Å². The SMILES string of the molecule is COC(=O)c1cc(NC(=O)c2nc3c(s2)CN(C)CC3)c(CNC(=O)c2ccc(Cl)s2)cc1F. The molecule has 0 aliphatic carbocycles. The predicted octanol–water partition coefficient (Wildman–Crippen LogP) is 3.95. The average Bonchev–Trinajstić information content (AvgIpc) is 3.44. The topological polar surface area (TPSA) is 101 Å². The van der Waals surface area contributed by atoms with Crippen LogP contribution in [0.2, 0.25) is 4.34 Å². The van der Waals surface area contributed by atoms with Crippen LogP contribution in [-0.4, -0.2) is 48.4 Å². The Bertz CT molecular complexity index is 1280. The number of esters is 1. The zero-order chi connectivity index (χ0) is 24.4. The molecule has 0 saturated heterocycles. The minimum atomic E-state index is -0.885. The first-order valence-corrected chi connectivity index (χ1v) is 12.2. The summed E-state index contributed by atoms with van der Waals surface area (Å²) in [6.45, 7) is 1.48. The number of rotatable bonds is 6. The molecule has 1 aromatic carbocycles. The molecular formula is C22H20ClFN4O4S2. The largest absolute Gasteiger partial charge is 0.465 e. The van der Waals surface area contributed by atoms with Crippen molar-refractivity contribution in [2.45, 2.75) is 19.5 Å². The molecule has 3 aromatic rings. The molecule has 1 aliphatic heterocycles. The lowest BCUT2D eigenvalue weighted by atomic mass is 10.1. The number of hydrogen-bond donors (Lipinski definition) is 2. The molecule has 0 bridgehead atoms. The summed E-state index contributed by atoms with van der Waals surface area (Å²) >= 11 is 8.28. The van der Waals surface area contributed by atoms with Crippen LogP contribution in [0.1, 0.15) is 46.0 Å². The standard InChI is InChI=1S/C22H20ClFN4O4S2/c1-28-6-5-14-17(10-28)34-21(27-14)20(30)26-15-8-12(22(31)32-2)13(24)7-11(15)9-25-19(29)16-3-4-18(23)33-16/h3-4,7-8H,5-6,9-10H2,1-2H3,(H,25,29)(H,26,30). The van der Waals surface area contributed by atoms with E-state index in [2.05, 4.69) is 25.3 Å². The van der Waals surface area contributed by atoms with Crippen LogP contribution in [0.25, 0.3) is 0 Å². The summed E-state index contributed by atoms with van der Waals surface area (Å²) in [5, 5.41) is 5.66. The van der Waals surface area contributed by atoms with E-state index in [4.69, 9.17) is 11.6 Å². The van der Waals surface area contributed by atoms with E-state index in [1.54, 1.807) is 12.1 Å². The Morgan fingerprint density at radius 3 is 2.74 bits per heavy atom. The maximum atomic E-state index is 14.6. The highest BCUT2D eigenvalue weighted by molar-refractivity contribution is 7.18. The Hall–Kier alpha value is -2.86. The van der Waals surface area contributed by atoms with Gasteiger partial charge in [0.1, 0.15) is 5.82 Å². The van der Waals surface area contributed by atoms with Gasteiger partial charge in [0, 0.05) is 36.6 Å². The molecule has 178 valence electrons. The van der Waals surface area contributed by atoms with Crippen LogP contribution in [0.4, 0.5) is 10.1 Å². The van der Waals surface area contributed by atoms with Crippen LogP contribution in [0.15, 0.2) is 24.3 Å². The second kappa shape index (κ2) is 10.2. The van der Waals surface area contributed by atoms with Crippen molar-refractivity contribution in [2.24, 2.45) is 0 Å². The fourth-order valence-corrected chi connectivity index (χ4v) is 5.48. The Kier molecular flexibility index (Phi) is 7.27. The zero-order valence-electron chi connectivity index (χ0n) is 18.2. The number of benzene rings is 1. The number of ether oxygens (including phenoxy) is 1. The van der Waals surface area contributed by atoms with Crippen molar-refractivity contribution in [3.05, 3.63) is 66.0 Å². The number of amides is 2.